The molecule has 5 aromatic rings. The highest BCUT2D eigenvalue weighted by Gasteiger charge is 2.09. The predicted octanol–water partition coefficient (Wildman–Crippen LogP) is 7.51. The molecule has 0 aliphatic rings. The second-order valence-electron chi connectivity index (χ2n) is 7.87. The van der Waals surface area contributed by atoms with Crippen LogP contribution in [0.25, 0.3) is 22.3 Å². The van der Waals surface area contributed by atoms with E-state index in [0.717, 1.165) is 21.9 Å². The minimum atomic E-state index is -0.397. The van der Waals surface area contributed by atoms with E-state index in [1.165, 1.54) is 0 Å². The van der Waals surface area contributed by atoms with Gasteiger partial charge in [-0.15, -0.1) is 0 Å². The molecule has 0 aliphatic carbocycles. The van der Waals surface area contributed by atoms with Crippen LogP contribution < -0.4 is 10.1 Å². The largest absolute Gasteiger partial charge is 0.456 e. The van der Waals surface area contributed by atoms with Gasteiger partial charge >= 0.3 is 5.97 Å². The van der Waals surface area contributed by atoms with Crippen LogP contribution in [0.4, 0.5) is 5.69 Å². The normalized spacial score (nSPS) is 11.5. The summed E-state index contributed by atoms with van der Waals surface area (Å²) in [4.78, 5) is 17.3. The first-order valence-corrected chi connectivity index (χ1v) is 11.2. The van der Waals surface area contributed by atoms with E-state index in [1.54, 1.807) is 30.3 Å². The van der Waals surface area contributed by atoms with Gasteiger partial charge in [-0.25, -0.2) is 9.79 Å². The number of aryl methyl sites for hydroxylation is 1. The fourth-order valence-electron chi connectivity index (χ4n) is 3.64. The number of nitrogens with zero attached hydrogens (tertiary/aromatic N) is 1. The van der Waals surface area contributed by atoms with Crippen LogP contribution >= 0.6 is 11.6 Å². The summed E-state index contributed by atoms with van der Waals surface area (Å²) in [5.74, 6) is 0.760. The third-order valence-corrected chi connectivity index (χ3v) is 5.55. The molecular weight excluding hydrogens is 446 g/mol. The minimum Gasteiger partial charge on any atom is -0.456 e. The Labute approximate surface area is 201 Å². The zero-order valence-corrected chi connectivity index (χ0v) is 19.1. The molecule has 5 heteroatoms. The molecule has 0 saturated heterocycles. The molecule has 0 atom stereocenters. The van der Waals surface area contributed by atoms with Gasteiger partial charge in [-0.3, -0.25) is 0 Å². The summed E-state index contributed by atoms with van der Waals surface area (Å²) in [6.07, 6.45) is 0. The maximum atomic E-state index is 12.4. The molecule has 0 saturated carbocycles. The lowest BCUT2D eigenvalue weighted by atomic mass is 10.1. The minimum absolute atomic E-state index is 0.397. The Hall–Kier alpha value is -4.15. The molecule has 0 spiro atoms. The average molecular weight is 466 g/mol. The first-order chi connectivity index (χ1) is 16.5. The molecule has 0 amide bonds. The van der Waals surface area contributed by atoms with Crippen LogP contribution in [0.3, 0.4) is 0 Å². The van der Waals surface area contributed by atoms with Crippen LogP contribution in [0.1, 0.15) is 15.9 Å². The lowest BCUT2D eigenvalue weighted by molar-refractivity contribution is 0.0734. The van der Waals surface area contributed by atoms with E-state index in [1.807, 2.05) is 79.7 Å². The van der Waals surface area contributed by atoms with Gasteiger partial charge in [0.25, 0.3) is 0 Å². The molecule has 0 N–H and O–H groups in total. The Morgan fingerprint density at radius 3 is 2.41 bits per heavy atom. The number of hydrogen-bond donors (Lipinski definition) is 0. The first kappa shape index (κ1) is 21.7. The lowest BCUT2D eigenvalue weighted by Gasteiger charge is -2.06. The van der Waals surface area contributed by atoms with E-state index < -0.39 is 5.97 Å². The summed E-state index contributed by atoms with van der Waals surface area (Å²) in [5, 5.41) is 2.14. The second kappa shape index (κ2) is 9.38. The van der Waals surface area contributed by atoms with Crippen LogP contribution in [0, 0.1) is 6.92 Å². The molecule has 0 fully saturated rings. The molecule has 166 valence electrons. The fraction of sp³-hybridized carbons (Fsp3) is 0.0345. The molecular formula is C29H20ClNO3. The molecule has 0 bridgehead atoms. The summed E-state index contributed by atoms with van der Waals surface area (Å²) >= 11 is 6.25. The van der Waals surface area contributed by atoms with Crippen molar-refractivity contribution in [2.75, 3.05) is 0 Å². The van der Waals surface area contributed by atoms with Gasteiger partial charge < -0.3 is 9.15 Å². The predicted molar refractivity (Wildman–Crippen MR) is 134 cm³/mol. The Balaban J connectivity index is 1.50. The van der Waals surface area contributed by atoms with Crippen LogP contribution in [0.2, 0.25) is 5.02 Å². The smallest absolute Gasteiger partial charge is 0.343 e. The highest BCUT2D eigenvalue weighted by molar-refractivity contribution is 6.31. The monoisotopic (exact) mass is 465 g/mol. The number of esters is 1. The van der Waals surface area contributed by atoms with Gasteiger partial charge in [0.1, 0.15) is 17.1 Å². The van der Waals surface area contributed by atoms with Crippen molar-refractivity contribution in [3.05, 3.63) is 125 Å². The fourth-order valence-corrected chi connectivity index (χ4v) is 3.82. The summed E-state index contributed by atoms with van der Waals surface area (Å²) in [6, 6.07) is 31.6. The van der Waals surface area contributed by atoms with Crippen molar-refractivity contribution in [3.63, 3.8) is 0 Å². The molecule has 34 heavy (non-hydrogen) atoms. The second-order valence-corrected chi connectivity index (χ2v) is 8.30. The molecule has 5 rings (SSSR count). The maximum Gasteiger partial charge on any atom is 0.343 e. The number of ether oxygens (including phenoxy) is 1. The van der Waals surface area contributed by atoms with E-state index in [4.69, 9.17) is 25.7 Å². The van der Waals surface area contributed by atoms with Crippen LogP contribution in [0.15, 0.2) is 113 Å². The standard InChI is InChI=1S/C29H20ClNO3/c1-19-6-5-9-21(16-19)29(32)33-24-13-11-23(12-14-24)31-26-18-28(20-7-3-2-4-8-20)34-27-15-10-22(30)17-25(26)27/h2-18H,1H3. The summed E-state index contributed by atoms with van der Waals surface area (Å²) in [7, 11) is 0. The van der Waals surface area contributed by atoms with E-state index in [-0.39, 0.29) is 0 Å². The summed E-state index contributed by atoms with van der Waals surface area (Å²) in [6.45, 7) is 1.93. The van der Waals surface area contributed by atoms with E-state index >= 15 is 0 Å². The summed E-state index contributed by atoms with van der Waals surface area (Å²) < 4.78 is 11.6. The Bertz CT molecular complexity index is 1550. The van der Waals surface area contributed by atoms with Crippen LogP contribution in [0.5, 0.6) is 5.75 Å². The lowest BCUT2D eigenvalue weighted by Crippen LogP contribution is -2.08. The molecule has 4 nitrogen and oxygen atoms in total. The van der Waals surface area contributed by atoms with Gasteiger partial charge in [0.05, 0.1) is 16.6 Å². The van der Waals surface area contributed by atoms with Gasteiger partial charge in [-0.1, -0.05) is 59.6 Å². The molecule has 1 aromatic heterocycles. The highest BCUT2D eigenvalue weighted by atomic mass is 35.5. The van der Waals surface area contributed by atoms with Crippen molar-refractivity contribution in [2.45, 2.75) is 6.92 Å². The quantitative estimate of drug-likeness (QED) is 0.204. The summed E-state index contributed by atoms with van der Waals surface area (Å²) in [5.41, 5.74) is 3.86. The average Bonchev–Trinajstić information content (AvgIpc) is 2.86. The zero-order chi connectivity index (χ0) is 23.5. The molecule has 1 heterocycles. The highest BCUT2D eigenvalue weighted by Crippen LogP contribution is 2.25. The Morgan fingerprint density at radius 1 is 0.853 bits per heavy atom. The van der Waals surface area contributed by atoms with Crippen molar-refractivity contribution >= 4 is 34.2 Å². The van der Waals surface area contributed by atoms with Crippen molar-refractivity contribution in [2.24, 2.45) is 4.99 Å². The zero-order valence-electron chi connectivity index (χ0n) is 18.4. The van der Waals surface area contributed by atoms with Gasteiger partial charge in [-0.05, 0) is 61.5 Å². The van der Waals surface area contributed by atoms with Gasteiger partial charge in [0.2, 0.25) is 0 Å². The molecule has 0 unspecified atom stereocenters. The number of rotatable bonds is 4. The first-order valence-electron chi connectivity index (χ1n) is 10.8. The van der Waals surface area contributed by atoms with Crippen LogP contribution in [-0.2, 0) is 0 Å². The Morgan fingerprint density at radius 2 is 1.65 bits per heavy atom. The molecule has 0 radical (unpaired) electrons. The molecule has 0 aliphatic heterocycles. The number of fused-ring (bicyclic) bond motifs is 1. The molecule has 4 aromatic carbocycles. The van der Waals surface area contributed by atoms with Crippen molar-refractivity contribution < 1.29 is 13.9 Å². The maximum absolute atomic E-state index is 12.4. The van der Waals surface area contributed by atoms with E-state index in [9.17, 15) is 4.79 Å². The van der Waals surface area contributed by atoms with Crippen molar-refractivity contribution in [1.29, 1.82) is 0 Å². The van der Waals surface area contributed by atoms with Crippen molar-refractivity contribution in [1.82, 2.24) is 0 Å². The number of carbonyl (C=O) groups is 1. The number of carbonyl (C=O) groups excluding carboxylic acids is 1. The third kappa shape index (κ3) is 4.77. The SMILES string of the molecule is Cc1cccc(C(=O)Oc2ccc(N=c3cc(-c4ccccc4)oc4ccc(Cl)cc34)cc2)c1. The number of hydrogen-bond acceptors (Lipinski definition) is 4. The van der Waals surface area contributed by atoms with Gasteiger partial charge in [0.15, 0.2) is 0 Å². The van der Waals surface area contributed by atoms with Gasteiger partial charge in [-0.2, -0.15) is 0 Å². The van der Waals surface area contributed by atoms with E-state index in [0.29, 0.717) is 33.4 Å². The third-order valence-electron chi connectivity index (χ3n) is 5.31. The van der Waals surface area contributed by atoms with Crippen molar-refractivity contribution in [3.8, 4) is 17.1 Å². The van der Waals surface area contributed by atoms with Gasteiger partial charge in [0, 0.05) is 22.0 Å². The Kier molecular flexibility index (Phi) is 5.98. The van der Waals surface area contributed by atoms with Crippen LogP contribution in [-0.4, -0.2) is 5.97 Å². The van der Waals surface area contributed by atoms with E-state index in [2.05, 4.69) is 0 Å². The number of benzene rings is 4. The number of halogens is 1. The topological polar surface area (TPSA) is 51.8 Å².